The van der Waals surface area contributed by atoms with Gasteiger partial charge in [-0.25, -0.2) is 0 Å². The van der Waals surface area contributed by atoms with Gasteiger partial charge < -0.3 is 5.32 Å². The maximum absolute atomic E-state index is 3.51. The van der Waals surface area contributed by atoms with Crippen molar-refractivity contribution in [2.24, 2.45) is 0 Å². The van der Waals surface area contributed by atoms with E-state index in [2.05, 4.69) is 57.3 Å². The zero-order valence-electron chi connectivity index (χ0n) is 11.1. The van der Waals surface area contributed by atoms with Crippen LogP contribution in [0.3, 0.4) is 0 Å². The summed E-state index contributed by atoms with van der Waals surface area (Å²) in [4.78, 5) is 0. The summed E-state index contributed by atoms with van der Waals surface area (Å²) in [6.45, 7) is 11.1. The normalized spacial score (nSPS) is 11.8. The van der Waals surface area contributed by atoms with E-state index in [1.54, 1.807) is 0 Å². The van der Waals surface area contributed by atoms with Crippen LogP contribution in [-0.2, 0) is 5.41 Å². The van der Waals surface area contributed by atoms with Gasteiger partial charge in [-0.2, -0.15) is 0 Å². The number of hydrogen-bond donors (Lipinski definition) is 1. The summed E-state index contributed by atoms with van der Waals surface area (Å²) in [6, 6.07) is 8.96. The molecule has 90 valence electrons. The third-order valence-electron chi connectivity index (χ3n) is 3.70. The van der Waals surface area contributed by atoms with Gasteiger partial charge in [0.15, 0.2) is 0 Å². The van der Waals surface area contributed by atoms with Gasteiger partial charge in [-0.05, 0) is 31.9 Å². The van der Waals surface area contributed by atoms with Gasteiger partial charge in [0.25, 0.3) is 0 Å². The lowest BCUT2D eigenvalue weighted by atomic mass is 9.75. The Kier molecular flexibility index (Phi) is 5.01. The zero-order chi connectivity index (χ0) is 12.0. The summed E-state index contributed by atoms with van der Waals surface area (Å²) < 4.78 is 0. The summed E-state index contributed by atoms with van der Waals surface area (Å²) in [5.74, 6) is 0. The van der Waals surface area contributed by atoms with Gasteiger partial charge in [0.05, 0.1) is 0 Å². The second kappa shape index (κ2) is 6.05. The van der Waals surface area contributed by atoms with Gasteiger partial charge in [-0.3, -0.25) is 0 Å². The molecule has 0 heterocycles. The predicted molar refractivity (Wildman–Crippen MR) is 72.0 cm³/mol. The molecule has 0 aliphatic rings. The lowest BCUT2D eigenvalue weighted by molar-refractivity contribution is 0.372. The molecule has 0 saturated heterocycles. The molecule has 1 N–H and O–H groups in total. The molecule has 1 aromatic carbocycles. The Balaban J connectivity index is 2.99. The predicted octanol–water partition coefficient (Wildman–Crippen LogP) is 3.66. The summed E-state index contributed by atoms with van der Waals surface area (Å²) in [5, 5.41) is 3.51. The molecule has 0 aromatic heterocycles. The van der Waals surface area contributed by atoms with Crippen LogP contribution in [-0.4, -0.2) is 13.1 Å². The number of rotatable bonds is 6. The van der Waals surface area contributed by atoms with Crippen LogP contribution in [0, 0.1) is 6.92 Å². The minimum absolute atomic E-state index is 0.308. The first-order valence-corrected chi connectivity index (χ1v) is 6.46. The van der Waals surface area contributed by atoms with Crippen molar-refractivity contribution >= 4 is 0 Å². The molecule has 0 bridgehead atoms. The van der Waals surface area contributed by atoms with Gasteiger partial charge in [-0.15, -0.1) is 0 Å². The number of aryl methyl sites for hydroxylation is 1. The molecule has 0 radical (unpaired) electrons. The lowest BCUT2D eigenvalue weighted by Gasteiger charge is -2.33. The van der Waals surface area contributed by atoms with Crippen molar-refractivity contribution in [1.29, 1.82) is 0 Å². The van der Waals surface area contributed by atoms with Crippen molar-refractivity contribution in [2.75, 3.05) is 13.1 Å². The van der Waals surface area contributed by atoms with E-state index in [1.165, 1.54) is 24.0 Å². The van der Waals surface area contributed by atoms with Crippen molar-refractivity contribution in [3.05, 3.63) is 35.4 Å². The Hall–Kier alpha value is -0.820. The molecule has 1 rings (SSSR count). The topological polar surface area (TPSA) is 12.0 Å². The van der Waals surface area contributed by atoms with E-state index in [-0.39, 0.29) is 0 Å². The van der Waals surface area contributed by atoms with Crippen LogP contribution in [0.2, 0.25) is 0 Å². The molecule has 16 heavy (non-hydrogen) atoms. The van der Waals surface area contributed by atoms with Gasteiger partial charge in [0, 0.05) is 12.0 Å². The number of nitrogens with one attached hydrogen (secondary N) is 1. The first-order chi connectivity index (χ1) is 7.68. The van der Waals surface area contributed by atoms with Gasteiger partial charge in [0.1, 0.15) is 0 Å². The zero-order valence-corrected chi connectivity index (χ0v) is 11.1. The van der Waals surface area contributed by atoms with E-state index in [1.807, 2.05) is 0 Å². The monoisotopic (exact) mass is 219 g/mol. The quantitative estimate of drug-likeness (QED) is 0.770. The Morgan fingerprint density at radius 3 is 2.31 bits per heavy atom. The van der Waals surface area contributed by atoms with Crippen LogP contribution in [0.15, 0.2) is 24.3 Å². The highest BCUT2D eigenvalue weighted by Crippen LogP contribution is 2.31. The highest BCUT2D eigenvalue weighted by Gasteiger charge is 2.27. The van der Waals surface area contributed by atoms with Crippen molar-refractivity contribution in [2.45, 2.75) is 46.0 Å². The summed E-state index contributed by atoms with van der Waals surface area (Å²) in [6.07, 6.45) is 2.39. The largest absolute Gasteiger partial charge is 0.316 e. The van der Waals surface area contributed by atoms with Crippen molar-refractivity contribution in [3.8, 4) is 0 Å². The van der Waals surface area contributed by atoms with Crippen LogP contribution in [0.5, 0.6) is 0 Å². The fourth-order valence-electron chi connectivity index (χ4n) is 2.35. The van der Waals surface area contributed by atoms with Crippen LogP contribution >= 0.6 is 0 Å². The molecule has 0 saturated carbocycles. The van der Waals surface area contributed by atoms with E-state index in [0.717, 1.165) is 13.1 Å². The molecular formula is C15H25N. The first kappa shape index (κ1) is 13.2. The minimum Gasteiger partial charge on any atom is -0.316 e. The molecule has 1 nitrogen and oxygen atoms in total. The van der Waals surface area contributed by atoms with Crippen LogP contribution in [0.1, 0.15) is 44.7 Å². The highest BCUT2D eigenvalue weighted by atomic mass is 14.9. The molecule has 0 atom stereocenters. The maximum atomic E-state index is 3.51. The fourth-order valence-corrected chi connectivity index (χ4v) is 2.35. The summed E-state index contributed by atoms with van der Waals surface area (Å²) in [7, 11) is 0. The molecule has 0 aliphatic heterocycles. The Bertz CT molecular complexity index is 313. The third kappa shape index (κ3) is 2.85. The number of likely N-dealkylation sites (N-methyl/N-ethyl adjacent to an activating group) is 1. The molecule has 1 heteroatoms. The summed E-state index contributed by atoms with van der Waals surface area (Å²) in [5.41, 5.74) is 3.15. The Morgan fingerprint density at radius 1 is 1.12 bits per heavy atom. The molecule has 1 aromatic rings. The van der Waals surface area contributed by atoms with E-state index < -0.39 is 0 Å². The van der Waals surface area contributed by atoms with Crippen molar-refractivity contribution < 1.29 is 0 Å². The van der Waals surface area contributed by atoms with Gasteiger partial charge in [-0.1, -0.05) is 50.6 Å². The maximum Gasteiger partial charge on any atom is 0.00726 e. The van der Waals surface area contributed by atoms with Crippen molar-refractivity contribution in [1.82, 2.24) is 5.32 Å². The first-order valence-electron chi connectivity index (χ1n) is 6.46. The average Bonchev–Trinajstić information content (AvgIpc) is 2.31. The van der Waals surface area contributed by atoms with Crippen LogP contribution in [0.25, 0.3) is 0 Å². The van der Waals surface area contributed by atoms with E-state index in [4.69, 9.17) is 0 Å². The lowest BCUT2D eigenvalue weighted by Crippen LogP contribution is -2.37. The molecule has 0 spiro atoms. The van der Waals surface area contributed by atoms with Gasteiger partial charge >= 0.3 is 0 Å². The standard InChI is InChI=1S/C15H25N/c1-5-15(6-2,12-16-7-3)14-10-8-9-13(4)11-14/h8-11,16H,5-7,12H2,1-4H3. The van der Waals surface area contributed by atoms with E-state index >= 15 is 0 Å². The second-order valence-electron chi connectivity index (χ2n) is 4.64. The molecule has 0 fully saturated rings. The third-order valence-corrected chi connectivity index (χ3v) is 3.70. The van der Waals surface area contributed by atoms with Crippen molar-refractivity contribution in [3.63, 3.8) is 0 Å². The summed E-state index contributed by atoms with van der Waals surface area (Å²) >= 11 is 0. The van der Waals surface area contributed by atoms with Crippen LogP contribution in [0.4, 0.5) is 0 Å². The molecule has 0 aliphatic carbocycles. The Labute approximate surface area is 100 Å². The average molecular weight is 219 g/mol. The number of benzene rings is 1. The second-order valence-corrected chi connectivity index (χ2v) is 4.64. The molecule has 0 unspecified atom stereocenters. The number of hydrogen-bond acceptors (Lipinski definition) is 1. The highest BCUT2D eigenvalue weighted by molar-refractivity contribution is 5.30. The van der Waals surface area contributed by atoms with Gasteiger partial charge in [0.2, 0.25) is 0 Å². The smallest absolute Gasteiger partial charge is 0.00726 e. The SMILES string of the molecule is CCNCC(CC)(CC)c1cccc(C)c1. The minimum atomic E-state index is 0.308. The Morgan fingerprint density at radius 2 is 1.81 bits per heavy atom. The molecular weight excluding hydrogens is 194 g/mol. The molecule has 0 amide bonds. The van der Waals surface area contributed by atoms with E-state index in [0.29, 0.717) is 5.41 Å². The van der Waals surface area contributed by atoms with Crippen LogP contribution < -0.4 is 5.32 Å². The van der Waals surface area contributed by atoms with E-state index in [9.17, 15) is 0 Å². The fraction of sp³-hybridized carbons (Fsp3) is 0.600.